The van der Waals surface area contributed by atoms with Gasteiger partial charge in [-0.2, -0.15) is 0 Å². The molecule has 0 aliphatic carbocycles. The van der Waals surface area contributed by atoms with Crippen LogP contribution >= 0.6 is 11.6 Å². The summed E-state index contributed by atoms with van der Waals surface area (Å²) in [5, 5.41) is 13.0. The van der Waals surface area contributed by atoms with Gasteiger partial charge in [-0.05, 0) is 56.7 Å². The largest absolute Gasteiger partial charge is 0.481 e. The van der Waals surface area contributed by atoms with Gasteiger partial charge in [0.25, 0.3) is 5.56 Å². The monoisotopic (exact) mass is 553 g/mol. The third kappa shape index (κ3) is 6.32. The number of hydrogen-bond donors (Lipinski definition) is 2. The summed E-state index contributed by atoms with van der Waals surface area (Å²) >= 11 is 6.00. The van der Waals surface area contributed by atoms with Crippen molar-refractivity contribution < 1.29 is 19.0 Å². The van der Waals surface area contributed by atoms with E-state index in [2.05, 4.69) is 15.3 Å². The molecule has 3 aromatic heterocycles. The lowest BCUT2D eigenvalue weighted by molar-refractivity contribution is -0.142. The van der Waals surface area contributed by atoms with E-state index in [1.807, 2.05) is 0 Å². The summed E-state index contributed by atoms with van der Waals surface area (Å²) < 4.78 is 21.1. The normalized spacial score (nSPS) is 12.5. The molecule has 0 bridgehead atoms. The first-order valence-corrected chi connectivity index (χ1v) is 12.3. The molecule has 0 aliphatic heterocycles. The van der Waals surface area contributed by atoms with Crippen LogP contribution in [0.1, 0.15) is 31.1 Å². The van der Waals surface area contributed by atoms with Gasteiger partial charge in [0, 0.05) is 17.2 Å². The van der Waals surface area contributed by atoms with Gasteiger partial charge in [0.05, 0.1) is 30.4 Å². The maximum Gasteiger partial charge on any atom is 0.333 e. The second-order valence-electron chi connectivity index (χ2n) is 8.92. The Hall–Kier alpha value is -4.51. The quantitative estimate of drug-likeness (QED) is 0.303. The molecule has 0 saturated carbocycles. The number of anilines is 2. The van der Waals surface area contributed by atoms with Crippen LogP contribution in [0.15, 0.2) is 70.4 Å². The van der Waals surface area contributed by atoms with E-state index >= 15 is 0 Å². The number of aryl methyl sites for hydroxylation is 1. The third-order valence-electron chi connectivity index (χ3n) is 6.21. The molecule has 2 atom stereocenters. The molecule has 4 rings (SSSR count). The molecule has 0 amide bonds. The smallest absolute Gasteiger partial charge is 0.333 e. The number of halogens is 2. The lowest BCUT2D eigenvalue weighted by atomic mass is 10.0. The molecule has 202 valence electrons. The summed E-state index contributed by atoms with van der Waals surface area (Å²) in [5.74, 6) is -1.55. The van der Waals surface area contributed by atoms with Crippen molar-refractivity contribution in [3.8, 4) is 11.6 Å². The van der Waals surface area contributed by atoms with Crippen molar-refractivity contribution in [1.82, 2.24) is 19.1 Å². The van der Waals surface area contributed by atoms with E-state index in [0.29, 0.717) is 22.3 Å². The number of nitrogens with zero attached hydrogens (tertiary/aromatic N) is 4. The highest BCUT2D eigenvalue weighted by Gasteiger charge is 2.25. The van der Waals surface area contributed by atoms with Gasteiger partial charge in [-0.1, -0.05) is 23.7 Å². The minimum atomic E-state index is -1.13. The zero-order chi connectivity index (χ0) is 28.3. The number of aromatic nitrogens is 4. The molecule has 0 unspecified atom stereocenters. The Balaban J connectivity index is 1.72. The minimum Gasteiger partial charge on any atom is -0.481 e. The zero-order valence-electron chi connectivity index (χ0n) is 21.3. The van der Waals surface area contributed by atoms with Crippen LogP contribution in [0.25, 0.3) is 0 Å². The SMILES string of the molecule is Cc1nc(Nc2cc(=O)n([C@@H](C)[C@@H](C)C(=O)O)c(=O)n2Cc2ccc(Cl)cc2)ccc1Oc1ccc(F)cn1. The maximum absolute atomic E-state index is 13.6. The topological polar surface area (TPSA) is 128 Å². The summed E-state index contributed by atoms with van der Waals surface area (Å²) in [4.78, 5) is 46.5. The van der Waals surface area contributed by atoms with E-state index in [1.54, 1.807) is 43.3 Å². The van der Waals surface area contributed by atoms with Crippen molar-refractivity contribution in [2.24, 2.45) is 5.92 Å². The number of ether oxygens (including phenoxy) is 1. The number of aliphatic carboxylic acids is 1. The molecule has 10 nitrogen and oxygen atoms in total. The first kappa shape index (κ1) is 27.5. The molecule has 0 radical (unpaired) electrons. The Morgan fingerprint density at radius 2 is 1.85 bits per heavy atom. The molecular weight excluding hydrogens is 529 g/mol. The second kappa shape index (κ2) is 11.5. The first-order valence-electron chi connectivity index (χ1n) is 11.9. The van der Waals surface area contributed by atoms with Crippen molar-refractivity contribution in [2.45, 2.75) is 33.4 Å². The Morgan fingerprint density at radius 1 is 1.13 bits per heavy atom. The summed E-state index contributed by atoms with van der Waals surface area (Å²) in [6.07, 6.45) is 1.04. The van der Waals surface area contributed by atoms with Crippen molar-refractivity contribution in [3.05, 3.63) is 104 Å². The number of pyridine rings is 2. The molecule has 4 aromatic rings. The van der Waals surface area contributed by atoms with E-state index in [0.717, 1.165) is 16.3 Å². The van der Waals surface area contributed by atoms with Gasteiger partial charge >= 0.3 is 11.7 Å². The van der Waals surface area contributed by atoms with E-state index in [9.17, 15) is 23.9 Å². The van der Waals surface area contributed by atoms with Crippen molar-refractivity contribution in [3.63, 3.8) is 0 Å². The Morgan fingerprint density at radius 3 is 2.46 bits per heavy atom. The van der Waals surface area contributed by atoms with Crippen molar-refractivity contribution in [1.29, 1.82) is 0 Å². The molecular formula is C27H25ClFN5O5. The summed E-state index contributed by atoms with van der Waals surface area (Å²) in [6, 6.07) is 13.0. The molecule has 2 N–H and O–H groups in total. The fourth-order valence-corrected chi connectivity index (χ4v) is 3.94. The lowest BCUT2D eigenvalue weighted by Gasteiger charge is -2.22. The Labute approximate surface area is 227 Å². The predicted molar refractivity (Wildman–Crippen MR) is 144 cm³/mol. The van der Waals surface area contributed by atoms with Gasteiger partial charge in [0.1, 0.15) is 17.5 Å². The van der Waals surface area contributed by atoms with Crippen LogP contribution in [0, 0.1) is 18.7 Å². The number of rotatable bonds is 9. The van der Waals surface area contributed by atoms with E-state index in [1.165, 1.54) is 36.6 Å². The summed E-state index contributed by atoms with van der Waals surface area (Å²) in [6.45, 7) is 4.72. The molecule has 1 aromatic carbocycles. The highest BCUT2D eigenvalue weighted by molar-refractivity contribution is 6.30. The number of benzene rings is 1. The van der Waals surface area contributed by atoms with Crippen LogP contribution in [0.5, 0.6) is 11.6 Å². The van der Waals surface area contributed by atoms with Gasteiger partial charge in [-0.15, -0.1) is 0 Å². The van der Waals surface area contributed by atoms with Crippen molar-refractivity contribution >= 4 is 29.2 Å². The van der Waals surface area contributed by atoms with Crippen LogP contribution < -0.4 is 21.3 Å². The van der Waals surface area contributed by atoms with Gasteiger partial charge < -0.3 is 15.2 Å². The van der Waals surface area contributed by atoms with Crippen LogP contribution in [0.3, 0.4) is 0 Å². The number of carbonyl (C=O) groups is 1. The van der Waals surface area contributed by atoms with Gasteiger partial charge in [-0.3, -0.25) is 18.7 Å². The van der Waals surface area contributed by atoms with Crippen LogP contribution in [-0.4, -0.2) is 30.2 Å². The fraction of sp³-hybridized carbons (Fsp3) is 0.222. The molecule has 0 fully saturated rings. The second-order valence-corrected chi connectivity index (χ2v) is 9.36. The van der Waals surface area contributed by atoms with Gasteiger partial charge in [-0.25, -0.2) is 19.2 Å². The molecule has 0 aliphatic rings. The fourth-order valence-electron chi connectivity index (χ4n) is 3.82. The minimum absolute atomic E-state index is 0.0726. The number of hydrogen-bond acceptors (Lipinski definition) is 7. The molecule has 12 heteroatoms. The van der Waals surface area contributed by atoms with E-state index in [-0.39, 0.29) is 18.2 Å². The number of nitrogens with one attached hydrogen (secondary N) is 1. The summed E-state index contributed by atoms with van der Waals surface area (Å²) in [5.41, 5.74) is -0.141. The standard InChI is InChI=1S/C27H25ClFN5O5/c1-15(26(36)37)17(3)34-25(35)12-23(33(27(34)38)14-18-4-6-19(28)7-5-18)32-22-10-9-21(16(2)31-22)39-24-11-8-20(29)13-30-24/h4-13,15,17H,14H2,1-3H3,(H,31,32)(H,36,37)/t15-,17+/m1/s1. The van der Waals surface area contributed by atoms with Crippen LogP contribution in [0.4, 0.5) is 16.0 Å². The number of carboxylic acid groups (broad SMARTS) is 1. The predicted octanol–water partition coefficient (Wildman–Crippen LogP) is 4.77. The molecule has 0 spiro atoms. The van der Waals surface area contributed by atoms with E-state index < -0.39 is 35.0 Å². The summed E-state index contributed by atoms with van der Waals surface area (Å²) in [7, 11) is 0. The highest BCUT2D eigenvalue weighted by Crippen LogP contribution is 2.25. The Kier molecular flexibility index (Phi) is 8.10. The lowest BCUT2D eigenvalue weighted by Crippen LogP contribution is -2.44. The van der Waals surface area contributed by atoms with Gasteiger partial charge in [0.15, 0.2) is 5.75 Å². The molecule has 0 saturated heterocycles. The third-order valence-corrected chi connectivity index (χ3v) is 6.46. The highest BCUT2D eigenvalue weighted by atomic mass is 35.5. The molecule has 3 heterocycles. The number of carboxylic acids is 1. The van der Waals surface area contributed by atoms with Crippen LogP contribution in [0.2, 0.25) is 5.02 Å². The van der Waals surface area contributed by atoms with E-state index in [4.69, 9.17) is 16.3 Å². The average Bonchev–Trinajstić information content (AvgIpc) is 2.89. The van der Waals surface area contributed by atoms with Crippen LogP contribution in [-0.2, 0) is 11.3 Å². The Bertz CT molecular complexity index is 1620. The molecule has 39 heavy (non-hydrogen) atoms. The first-order chi connectivity index (χ1) is 18.5. The maximum atomic E-state index is 13.6. The van der Waals surface area contributed by atoms with Crippen molar-refractivity contribution in [2.75, 3.05) is 5.32 Å². The zero-order valence-corrected chi connectivity index (χ0v) is 22.0. The average molecular weight is 554 g/mol. The van der Waals surface area contributed by atoms with Gasteiger partial charge in [0.2, 0.25) is 5.88 Å².